The van der Waals surface area contributed by atoms with Crippen molar-refractivity contribution >= 4 is 28.7 Å². The lowest BCUT2D eigenvalue weighted by atomic mass is 10.2. The quantitative estimate of drug-likeness (QED) is 0.786. The van der Waals surface area contributed by atoms with Gasteiger partial charge in [0, 0.05) is 3.57 Å². The van der Waals surface area contributed by atoms with Gasteiger partial charge < -0.3 is 10.5 Å². The molecule has 0 fully saturated rings. The van der Waals surface area contributed by atoms with E-state index in [2.05, 4.69) is 58.5 Å². The smallest absolute Gasteiger partial charge is 0.405 e. The topological polar surface area (TPSA) is 52.3 Å². The van der Waals surface area contributed by atoms with Gasteiger partial charge >= 0.3 is 6.09 Å². The van der Waals surface area contributed by atoms with Gasteiger partial charge in [-0.25, -0.2) is 4.79 Å². The fourth-order valence-electron chi connectivity index (χ4n) is 1.09. The minimum absolute atomic E-state index is 0.453. The molecule has 0 radical (unpaired) electrons. The molecule has 2 N–H and O–H groups in total. The molecule has 0 aromatic heterocycles. The fraction of sp³-hybridized carbons (Fsp3) is 0.462. The maximum absolute atomic E-state index is 10.0. The highest BCUT2D eigenvalue weighted by Gasteiger charge is 2.12. The summed E-state index contributed by atoms with van der Waals surface area (Å²) >= 11 is 2.36. The normalized spacial score (nSPS) is 10.2. The third-order valence-corrected chi connectivity index (χ3v) is 2.80. The largest absolute Gasteiger partial charge is 0.444 e. The van der Waals surface area contributed by atoms with E-state index in [1.807, 2.05) is 0 Å². The lowest BCUT2D eigenvalue weighted by Gasteiger charge is -2.16. The van der Waals surface area contributed by atoms with Gasteiger partial charge in [0.2, 0.25) is 0 Å². The van der Waals surface area contributed by atoms with Crippen molar-refractivity contribution in [2.45, 2.75) is 39.7 Å². The van der Waals surface area contributed by atoms with E-state index in [9.17, 15) is 4.79 Å². The van der Waals surface area contributed by atoms with Crippen LogP contribution < -0.4 is 5.73 Å². The number of primary amides is 1. The van der Waals surface area contributed by atoms with Crippen LogP contribution in [0.25, 0.3) is 0 Å². The highest BCUT2D eigenvalue weighted by molar-refractivity contribution is 14.1. The maximum Gasteiger partial charge on any atom is 0.405 e. The number of amides is 1. The molecule has 1 aromatic rings. The molecule has 4 heteroatoms. The fourth-order valence-corrected chi connectivity index (χ4v) is 1.86. The molecule has 0 atom stereocenters. The van der Waals surface area contributed by atoms with Crippen molar-refractivity contribution in [1.82, 2.24) is 0 Å². The van der Waals surface area contributed by atoms with Crippen LogP contribution in [0.3, 0.4) is 0 Å². The first-order valence-electron chi connectivity index (χ1n) is 5.48. The van der Waals surface area contributed by atoms with E-state index in [0.29, 0.717) is 0 Å². The molecule has 96 valence electrons. The zero-order valence-electron chi connectivity index (χ0n) is 10.8. The Kier molecular flexibility index (Phi) is 7.18. The van der Waals surface area contributed by atoms with Gasteiger partial charge in [0.15, 0.2) is 0 Å². The molecule has 0 bridgehead atoms. The number of carbonyl (C=O) groups excluding carboxylic acids is 1. The van der Waals surface area contributed by atoms with Gasteiger partial charge in [-0.05, 0) is 61.4 Å². The SMILES string of the molecule is CC(C)(C)OC(N)=O.CCc1ccccc1I. The highest BCUT2D eigenvalue weighted by Crippen LogP contribution is 2.10. The first kappa shape index (κ1) is 16.2. The second kappa shape index (κ2) is 7.53. The monoisotopic (exact) mass is 349 g/mol. The molecule has 0 aliphatic carbocycles. The summed E-state index contributed by atoms with van der Waals surface area (Å²) in [6, 6.07) is 8.46. The summed E-state index contributed by atoms with van der Waals surface area (Å²) in [6.45, 7) is 7.46. The standard InChI is InChI=1S/C8H9I.C5H11NO2/c1-2-7-5-3-4-6-8(7)9;1-5(2,3)8-4(6)7/h3-6H,2H2,1H3;1-3H3,(H2,6,7). The van der Waals surface area contributed by atoms with Crippen molar-refractivity contribution in [2.24, 2.45) is 5.73 Å². The summed E-state index contributed by atoms with van der Waals surface area (Å²) in [7, 11) is 0. The van der Waals surface area contributed by atoms with Crippen LogP contribution in [-0.4, -0.2) is 11.7 Å². The van der Waals surface area contributed by atoms with E-state index >= 15 is 0 Å². The molecule has 17 heavy (non-hydrogen) atoms. The number of rotatable bonds is 1. The molecule has 0 unspecified atom stereocenters. The second-order valence-electron chi connectivity index (χ2n) is 4.48. The average molecular weight is 349 g/mol. The summed E-state index contributed by atoms with van der Waals surface area (Å²) < 4.78 is 5.95. The summed E-state index contributed by atoms with van der Waals surface area (Å²) in [4.78, 5) is 10.0. The molecule has 0 aliphatic rings. The van der Waals surface area contributed by atoms with Crippen LogP contribution in [0, 0.1) is 3.57 Å². The Hall–Kier alpha value is -0.780. The summed E-state index contributed by atoms with van der Waals surface area (Å²) in [5.74, 6) is 0. The summed E-state index contributed by atoms with van der Waals surface area (Å²) in [5, 5.41) is 0. The maximum atomic E-state index is 10.0. The number of aryl methyl sites for hydroxylation is 1. The Morgan fingerprint density at radius 2 is 1.88 bits per heavy atom. The second-order valence-corrected chi connectivity index (χ2v) is 5.64. The van der Waals surface area contributed by atoms with Gasteiger partial charge in [-0.1, -0.05) is 25.1 Å². The lowest BCUT2D eigenvalue weighted by Crippen LogP contribution is -2.27. The lowest BCUT2D eigenvalue weighted by molar-refractivity contribution is 0.0600. The Bertz CT molecular complexity index is 359. The number of ether oxygens (including phenoxy) is 1. The van der Waals surface area contributed by atoms with E-state index in [0.717, 1.165) is 6.42 Å². The molecule has 0 saturated carbocycles. The molecule has 1 aromatic carbocycles. The average Bonchev–Trinajstić information content (AvgIpc) is 2.15. The summed E-state index contributed by atoms with van der Waals surface area (Å²) in [6.07, 6.45) is 0.413. The Morgan fingerprint density at radius 1 is 1.35 bits per heavy atom. The molecule has 1 amide bonds. The van der Waals surface area contributed by atoms with Crippen LogP contribution in [0.15, 0.2) is 24.3 Å². The van der Waals surface area contributed by atoms with Crippen molar-refractivity contribution in [3.8, 4) is 0 Å². The predicted octanol–water partition coefficient (Wildman–Crippen LogP) is 3.73. The van der Waals surface area contributed by atoms with Crippen LogP contribution in [0.4, 0.5) is 4.79 Å². The number of carbonyl (C=O) groups is 1. The Morgan fingerprint density at radius 3 is 2.12 bits per heavy atom. The Labute approximate surface area is 117 Å². The van der Waals surface area contributed by atoms with Gasteiger partial charge in [-0.2, -0.15) is 0 Å². The van der Waals surface area contributed by atoms with Crippen molar-refractivity contribution in [2.75, 3.05) is 0 Å². The Balaban J connectivity index is 0.000000304. The zero-order chi connectivity index (χ0) is 13.5. The van der Waals surface area contributed by atoms with E-state index < -0.39 is 11.7 Å². The minimum atomic E-state index is -0.725. The van der Waals surface area contributed by atoms with Gasteiger partial charge in [-0.15, -0.1) is 0 Å². The molecular formula is C13H20INO2. The third-order valence-electron chi connectivity index (χ3n) is 1.75. The van der Waals surface area contributed by atoms with E-state index in [-0.39, 0.29) is 0 Å². The number of hydrogen-bond donors (Lipinski definition) is 1. The van der Waals surface area contributed by atoms with E-state index in [4.69, 9.17) is 5.73 Å². The molecule has 0 saturated heterocycles. The molecule has 0 aliphatic heterocycles. The van der Waals surface area contributed by atoms with Crippen LogP contribution in [0.1, 0.15) is 33.3 Å². The number of benzene rings is 1. The molecule has 0 heterocycles. The number of nitrogens with two attached hydrogens (primary N) is 1. The van der Waals surface area contributed by atoms with Crippen molar-refractivity contribution in [1.29, 1.82) is 0 Å². The molecule has 0 spiro atoms. The predicted molar refractivity (Wildman–Crippen MR) is 79.0 cm³/mol. The van der Waals surface area contributed by atoms with Crippen molar-refractivity contribution in [3.63, 3.8) is 0 Å². The van der Waals surface area contributed by atoms with Crippen LogP contribution >= 0.6 is 22.6 Å². The van der Waals surface area contributed by atoms with Crippen molar-refractivity contribution in [3.05, 3.63) is 33.4 Å². The molecular weight excluding hydrogens is 329 g/mol. The van der Waals surface area contributed by atoms with Gasteiger partial charge in [0.1, 0.15) is 5.60 Å². The summed E-state index contributed by atoms with van der Waals surface area (Å²) in [5.41, 5.74) is 5.71. The van der Waals surface area contributed by atoms with Crippen molar-refractivity contribution < 1.29 is 9.53 Å². The number of halogens is 1. The number of hydrogen-bond acceptors (Lipinski definition) is 2. The third kappa shape index (κ3) is 8.97. The molecule has 3 nitrogen and oxygen atoms in total. The first-order valence-corrected chi connectivity index (χ1v) is 6.56. The van der Waals surface area contributed by atoms with Gasteiger partial charge in [0.05, 0.1) is 0 Å². The zero-order valence-corrected chi connectivity index (χ0v) is 12.9. The van der Waals surface area contributed by atoms with Crippen LogP contribution in [-0.2, 0) is 11.2 Å². The molecule has 1 rings (SSSR count). The van der Waals surface area contributed by atoms with E-state index in [1.165, 1.54) is 9.13 Å². The first-order chi connectivity index (χ1) is 7.76. The van der Waals surface area contributed by atoms with E-state index in [1.54, 1.807) is 20.8 Å². The van der Waals surface area contributed by atoms with Gasteiger partial charge in [0.25, 0.3) is 0 Å². The highest BCUT2D eigenvalue weighted by atomic mass is 127. The minimum Gasteiger partial charge on any atom is -0.444 e. The van der Waals surface area contributed by atoms with Crippen LogP contribution in [0.2, 0.25) is 0 Å². The van der Waals surface area contributed by atoms with Crippen LogP contribution in [0.5, 0.6) is 0 Å². The van der Waals surface area contributed by atoms with Gasteiger partial charge in [-0.3, -0.25) is 0 Å².